The Labute approximate surface area is 161 Å². The van der Waals surface area contributed by atoms with E-state index in [4.69, 9.17) is 0 Å². The number of nitrogens with one attached hydrogen (secondary N) is 2. The van der Waals surface area contributed by atoms with Crippen LogP contribution < -0.4 is 10.6 Å². The molecule has 0 bridgehead atoms. The van der Waals surface area contributed by atoms with Crippen LogP contribution in [-0.4, -0.2) is 36.3 Å². The van der Waals surface area contributed by atoms with Crippen molar-refractivity contribution in [1.29, 1.82) is 0 Å². The summed E-state index contributed by atoms with van der Waals surface area (Å²) >= 11 is 3.39. The van der Waals surface area contributed by atoms with E-state index in [0.29, 0.717) is 6.54 Å². The zero-order valence-corrected chi connectivity index (χ0v) is 16.0. The minimum absolute atomic E-state index is 0.000374. The molecule has 0 spiro atoms. The summed E-state index contributed by atoms with van der Waals surface area (Å²) in [5.74, 6) is 0.0318. The molecule has 1 aliphatic heterocycles. The lowest BCUT2D eigenvalue weighted by molar-refractivity contribution is -0.121. The highest BCUT2D eigenvalue weighted by Crippen LogP contribution is 2.20. The van der Waals surface area contributed by atoms with Gasteiger partial charge in [-0.1, -0.05) is 40.2 Å². The van der Waals surface area contributed by atoms with Crippen LogP contribution in [0, 0.1) is 5.92 Å². The van der Waals surface area contributed by atoms with Crippen LogP contribution in [-0.2, 0) is 9.59 Å². The first-order valence-corrected chi connectivity index (χ1v) is 9.53. The Kier molecular flexibility index (Phi) is 6.41. The lowest BCUT2D eigenvalue weighted by Gasteiger charge is -2.30. The fourth-order valence-corrected chi connectivity index (χ4v) is 3.49. The summed E-state index contributed by atoms with van der Waals surface area (Å²) in [5, 5.41) is 5.87. The standard InChI is InChI=1S/C20H22BrN3O2/c21-16-5-4-8-18(13-16)22-19(25)14-24-11-9-15(10-12-24)20(26)23-17-6-2-1-3-7-17/h1-8,13,15H,9-12,14H2,(H,22,25)(H,23,26). The van der Waals surface area contributed by atoms with Gasteiger partial charge in [0.1, 0.15) is 0 Å². The number of para-hydroxylation sites is 1. The van der Waals surface area contributed by atoms with E-state index in [1.54, 1.807) is 0 Å². The Morgan fingerprint density at radius 3 is 2.35 bits per heavy atom. The van der Waals surface area contributed by atoms with Gasteiger partial charge in [0.15, 0.2) is 0 Å². The molecule has 5 nitrogen and oxygen atoms in total. The van der Waals surface area contributed by atoms with Crippen molar-refractivity contribution in [3.05, 3.63) is 59.1 Å². The van der Waals surface area contributed by atoms with Gasteiger partial charge in [-0.15, -0.1) is 0 Å². The minimum atomic E-state index is -0.0321. The number of nitrogens with zero attached hydrogens (tertiary/aromatic N) is 1. The molecule has 1 heterocycles. The largest absolute Gasteiger partial charge is 0.326 e. The van der Waals surface area contributed by atoms with Gasteiger partial charge >= 0.3 is 0 Å². The second kappa shape index (κ2) is 8.96. The topological polar surface area (TPSA) is 61.4 Å². The molecule has 2 aromatic carbocycles. The Hall–Kier alpha value is -2.18. The third kappa shape index (κ3) is 5.41. The van der Waals surface area contributed by atoms with E-state index in [2.05, 4.69) is 31.5 Å². The zero-order valence-electron chi connectivity index (χ0n) is 14.5. The fourth-order valence-electron chi connectivity index (χ4n) is 3.09. The van der Waals surface area contributed by atoms with Gasteiger partial charge in [0, 0.05) is 21.8 Å². The summed E-state index contributed by atoms with van der Waals surface area (Å²) in [6.07, 6.45) is 1.53. The molecule has 2 N–H and O–H groups in total. The lowest BCUT2D eigenvalue weighted by atomic mass is 9.96. The first-order valence-electron chi connectivity index (χ1n) is 8.74. The van der Waals surface area contributed by atoms with Crippen LogP contribution in [0.15, 0.2) is 59.1 Å². The highest BCUT2D eigenvalue weighted by atomic mass is 79.9. The number of benzene rings is 2. The van der Waals surface area contributed by atoms with Gasteiger partial charge in [-0.3, -0.25) is 14.5 Å². The summed E-state index contributed by atoms with van der Waals surface area (Å²) in [7, 11) is 0. The molecule has 3 rings (SSSR count). The molecule has 0 aliphatic carbocycles. The molecule has 1 saturated heterocycles. The van der Waals surface area contributed by atoms with E-state index in [1.165, 1.54) is 0 Å². The predicted octanol–water partition coefficient (Wildman–Crippen LogP) is 3.74. The smallest absolute Gasteiger partial charge is 0.238 e. The Bertz CT molecular complexity index is 759. The molecule has 26 heavy (non-hydrogen) atoms. The van der Waals surface area contributed by atoms with Crippen LogP contribution in [0.2, 0.25) is 0 Å². The first-order chi connectivity index (χ1) is 12.6. The Morgan fingerprint density at radius 1 is 0.962 bits per heavy atom. The van der Waals surface area contributed by atoms with Crippen LogP contribution in [0.25, 0.3) is 0 Å². The number of likely N-dealkylation sites (tertiary alicyclic amines) is 1. The molecule has 0 saturated carbocycles. The van der Waals surface area contributed by atoms with Crippen LogP contribution >= 0.6 is 15.9 Å². The van der Waals surface area contributed by atoms with Crippen molar-refractivity contribution in [2.45, 2.75) is 12.8 Å². The van der Waals surface area contributed by atoms with Crippen molar-refractivity contribution < 1.29 is 9.59 Å². The van der Waals surface area contributed by atoms with Crippen molar-refractivity contribution in [2.75, 3.05) is 30.3 Å². The van der Waals surface area contributed by atoms with Gasteiger partial charge in [0.05, 0.1) is 6.54 Å². The van der Waals surface area contributed by atoms with E-state index in [0.717, 1.165) is 41.8 Å². The summed E-state index contributed by atoms with van der Waals surface area (Å²) in [6, 6.07) is 17.1. The molecule has 1 aliphatic rings. The number of anilines is 2. The van der Waals surface area contributed by atoms with Gasteiger partial charge in [-0.2, -0.15) is 0 Å². The summed E-state index contributed by atoms with van der Waals surface area (Å²) in [6.45, 7) is 1.84. The van der Waals surface area contributed by atoms with Crippen molar-refractivity contribution in [2.24, 2.45) is 5.92 Å². The maximum absolute atomic E-state index is 12.4. The SMILES string of the molecule is O=C(CN1CCC(C(=O)Nc2ccccc2)CC1)Nc1cccc(Br)c1. The van der Waals surface area contributed by atoms with Crippen LogP contribution in [0.5, 0.6) is 0 Å². The molecule has 0 radical (unpaired) electrons. The normalized spacial score (nSPS) is 15.4. The number of piperidine rings is 1. The van der Waals surface area contributed by atoms with Crippen LogP contribution in [0.3, 0.4) is 0 Å². The summed E-state index contributed by atoms with van der Waals surface area (Å²) in [4.78, 5) is 26.7. The number of hydrogen-bond donors (Lipinski definition) is 2. The molecule has 136 valence electrons. The average molecular weight is 416 g/mol. The van der Waals surface area contributed by atoms with Crippen molar-refractivity contribution >= 4 is 39.1 Å². The van der Waals surface area contributed by atoms with E-state index < -0.39 is 0 Å². The van der Waals surface area contributed by atoms with Gasteiger partial charge < -0.3 is 10.6 Å². The maximum Gasteiger partial charge on any atom is 0.238 e. The minimum Gasteiger partial charge on any atom is -0.326 e. The third-order valence-electron chi connectivity index (χ3n) is 4.48. The quantitative estimate of drug-likeness (QED) is 0.781. The highest BCUT2D eigenvalue weighted by molar-refractivity contribution is 9.10. The number of carbonyl (C=O) groups is 2. The Morgan fingerprint density at radius 2 is 1.65 bits per heavy atom. The number of hydrogen-bond acceptors (Lipinski definition) is 3. The molecule has 1 fully saturated rings. The van der Waals surface area contributed by atoms with E-state index in [-0.39, 0.29) is 17.7 Å². The molecular formula is C20H22BrN3O2. The number of amides is 2. The molecule has 6 heteroatoms. The lowest BCUT2D eigenvalue weighted by Crippen LogP contribution is -2.41. The molecule has 0 atom stereocenters. The van der Waals surface area contributed by atoms with Crippen molar-refractivity contribution in [3.63, 3.8) is 0 Å². The molecule has 2 amide bonds. The maximum atomic E-state index is 12.4. The third-order valence-corrected chi connectivity index (χ3v) is 4.97. The van der Waals surface area contributed by atoms with E-state index in [1.807, 2.05) is 54.6 Å². The van der Waals surface area contributed by atoms with E-state index in [9.17, 15) is 9.59 Å². The van der Waals surface area contributed by atoms with Gasteiger partial charge in [0.25, 0.3) is 0 Å². The van der Waals surface area contributed by atoms with Crippen LogP contribution in [0.1, 0.15) is 12.8 Å². The molecular weight excluding hydrogens is 394 g/mol. The molecule has 2 aromatic rings. The first kappa shape index (κ1) is 18.6. The number of carbonyl (C=O) groups excluding carboxylic acids is 2. The Balaban J connectivity index is 1.43. The van der Waals surface area contributed by atoms with Crippen LogP contribution in [0.4, 0.5) is 11.4 Å². The second-order valence-electron chi connectivity index (χ2n) is 6.46. The molecule has 0 unspecified atom stereocenters. The zero-order chi connectivity index (χ0) is 18.4. The monoisotopic (exact) mass is 415 g/mol. The van der Waals surface area contributed by atoms with Gasteiger partial charge in [-0.05, 0) is 56.3 Å². The highest BCUT2D eigenvalue weighted by Gasteiger charge is 2.26. The van der Waals surface area contributed by atoms with Gasteiger partial charge in [0.2, 0.25) is 11.8 Å². The number of rotatable bonds is 5. The van der Waals surface area contributed by atoms with Gasteiger partial charge in [-0.25, -0.2) is 0 Å². The summed E-state index contributed by atoms with van der Waals surface area (Å²) in [5.41, 5.74) is 1.61. The fraction of sp³-hybridized carbons (Fsp3) is 0.300. The van der Waals surface area contributed by atoms with E-state index >= 15 is 0 Å². The van der Waals surface area contributed by atoms with Crippen molar-refractivity contribution in [1.82, 2.24) is 4.90 Å². The molecule has 0 aromatic heterocycles. The predicted molar refractivity (Wildman–Crippen MR) is 107 cm³/mol. The van der Waals surface area contributed by atoms with Crippen molar-refractivity contribution in [3.8, 4) is 0 Å². The average Bonchev–Trinajstić information content (AvgIpc) is 2.63. The second-order valence-corrected chi connectivity index (χ2v) is 7.38. The number of halogens is 1. The summed E-state index contributed by atoms with van der Waals surface area (Å²) < 4.78 is 0.931.